The molecule has 2 heterocycles. The molecule has 0 spiro atoms. The Balaban J connectivity index is 2.00. The Morgan fingerprint density at radius 1 is 1.45 bits per heavy atom. The lowest BCUT2D eigenvalue weighted by molar-refractivity contribution is -0.138. The van der Waals surface area contributed by atoms with Crippen LogP contribution in [0.15, 0.2) is 9.68 Å². The number of aromatic nitrogens is 6. The number of thioether (sulfide) groups is 1. The van der Waals surface area contributed by atoms with Crippen LogP contribution in [0.5, 0.6) is 0 Å². The second-order valence-corrected chi connectivity index (χ2v) is 6.01. The predicted molar refractivity (Wildman–Crippen MR) is 68.0 cm³/mol. The fraction of sp³-hybridized carbons (Fsp3) is 0.600. The molecule has 0 bridgehead atoms. The van der Waals surface area contributed by atoms with E-state index >= 15 is 0 Å². The number of nitrogens with zero attached hydrogens (tertiary/aromatic N) is 6. The largest absolute Gasteiger partial charge is 0.480 e. The number of carboxylic acids is 1. The summed E-state index contributed by atoms with van der Waals surface area (Å²) < 4.78 is 6.37. The minimum atomic E-state index is -1.01. The minimum absolute atomic E-state index is 0.208. The monoisotopic (exact) mass is 298 g/mol. The van der Waals surface area contributed by atoms with Crippen molar-refractivity contribution in [2.45, 2.75) is 43.6 Å². The van der Waals surface area contributed by atoms with E-state index in [1.165, 1.54) is 16.4 Å². The molecule has 9 nitrogen and oxygen atoms in total. The van der Waals surface area contributed by atoms with Gasteiger partial charge in [-0.15, -0.1) is 5.10 Å². The third kappa shape index (κ3) is 3.53. The predicted octanol–water partition coefficient (Wildman–Crippen LogP) is 0.730. The molecule has 0 atom stereocenters. The standard InChI is InChI=1S/C10H14N6O3S/c1-10(2,3)8-11-6(13-19-8)5-20-9-12-14-15-16(9)4-7(17)18/h4-5H2,1-3H3,(H,17,18). The number of hydrogen-bond donors (Lipinski definition) is 1. The molecule has 0 saturated heterocycles. The molecule has 0 radical (unpaired) electrons. The first kappa shape index (κ1) is 14.4. The molecular weight excluding hydrogens is 284 g/mol. The van der Waals surface area contributed by atoms with Crippen LogP contribution in [0.4, 0.5) is 0 Å². The number of carboxylic acid groups (broad SMARTS) is 1. The van der Waals surface area contributed by atoms with Gasteiger partial charge in [0.1, 0.15) is 6.54 Å². The molecule has 0 unspecified atom stereocenters. The lowest BCUT2D eigenvalue weighted by Crippen LogP contribution is -2.12. The molecule has 0 saturated carbocycles. The fourth-order valence-electron chi connectivity index (χ4n) is 1.27. The van der Waals surface area contributed by atoms with Crippen LogP contribution in [0.25, 0.3) is 0 Å². The van der Waals surface area contributed by atoms with Gasteiger partial charge in [0, 0.05) is 5.41 Å². The quantitative estimate of drug-likeness (QED) is 0.796. The number of rotatable bonds is 5. The van der Waals surface area contributed by atoms with Crippen molar-refractivity contribution in [1.29, 1.82) is 0 Å². The third-order valence-electron chi connectivity index (χ3n) is 2.22. The van der Waals surface area contributed by atoms with Crippen molar-refractivity contribution in [3.05, 3.63) is 11.7 Å². The first-order valence-electron chi connectivity index (χ1n) is 5.80. The maximum absolute atomic E-state index is 10.6. The van der Waals surface area contributed by atoms with Crippen LogP contribution in [-0.4, -0.2) is 41.4 Å². The van der Waals surface area contributed by atoms with E-state index in [0.29, 0.717) is 22.6 Å². The van der Waals surface area contributed by atoms with Crippen LogP contribution >= 0.6 is 11.8 Å². The minimum Gasteiger partial charge on any atom is -0.480 e. The SMILES string of the molecule is CC(C)(C)c1nc(CSc2nnnn2CC(=O)O)no1. The Bertz CT molecular complexity index is 602. The van der Waals surface area contributed by atoms with Gasteiger partial charge in [0.25, 0.3) is 0 Å². The maximum Gasteiger partial charge on any atom is 0.325 e. The van der Waals surface area contributed by atoms with Gasteiger partial charge >= 0.3 is 5.97 Å². The highest BCUT2D eigenvalue weighted by atomic mass is 32.2. The second kappa shape index (κ2) is 5.57. The second-order valence-electron chi connectivity index (χ2n) is 5.07. The molecule has 10 heteroatoms. The highest BCUT2D eigenvalue weighted by Crippen LogP contribution is 2.22. The van der Waals surface area contributed by atoms with Crippen molar-refractivity contribution >= 4 is 17.7 Å². The summed E-state index contributed by atoms with van der Waals surface area (Å²) in [6.07, 6.45) is 0. The van der Waals surface area contributed by atoms with E-state index in [-0.39, 0.29) is 12.0 Å². The van der Waals surface area contributed by atoms with Gasteiger partial charge in [-0.05, 0) is 10.4 Å². The molecule has 0 aliphatic carbocycles. The zero-order chi connectivity index (χ0) is 14.8. The van der Waals surface area contributed by atoms with Gasteiger partial charge in [-0.25, -0.2) is 4.68 Å². The summed E-state index contributed by atoms with van der Waals surface area (Å²) in [6.45, 7) is 5.65. The summed E-state index contributed by atoms with van der Waals surface area (Å²) >= 11 is 1.25. The Kier molecular flexibility index (Phi) is 4.02. The highest BCUT2D eigenvalue weighted by Gasteiger charge is 2.22. The zero-order valence-corrected chi connectivity index (χ0v) is 12.1. The van der Waals surface area contributed by atoms with Crippen molar-refractivity contribution in [3.63, 3.8) is 0 Å². The van der Waals surface area contributed by atoms with E-state index in [2.05, 4.69) is 25.7 Å². The molecule has 0 amide bonds. The van der Waals surface area contributed by atoms with Crippen LogP contribution in [0.1, 0.15) is 32.5 Å². The van der Waals surface area contributed by atoms with Gasteiger partial charge < -0.3 is 9.63 Å². The maximum atomic E-state index is 10.6. The first-order chi connectivity index (χ1) is 9.36. The Labute approximate surface area is 118 Å². The van der Waals surface area contributed by atoms with Gasteiger partial charge in [-0.2, -0.15) is 4.98 Å². The number of carbonyl (C=O) groups is 1. The summed E-state index contributed by atoms with van der Waals surface area (Å²) in [5.41, 5.74) is -0.208. The normalized spacial score (nSPS) is 11.8. The molecule has 20 heavy (non-hydrogen) atoms. The van der Waals surface area contributed by atoms with E-state index in [1.54, 1.807) is 0 Å². The highest BCUT2D eigenvalue weighted by molar-refractivity contribution is 7.98. The van der Waals surface area contributed by atoms with Gasteiger partial charge in [0.15, 0.2) is 5.82 Å². The first-order valence-corrected chi connectivity index (χ1v) is 6.78. The van der Waals surface area contributed by atoms with E-state index in [0.717, 1.165) is 0 Å². The molecule has 2 aromatic rings. The Morgan fingerprint density at radius 3 is 2.80 bits per heavy atom. The smallest absolute Gasteiger partial charge is 0.325 e. The van der Waals surface area contributed by atoms with E-state index in [4.69, 9.17) is 9.63 Å². The molecule has 0 fully saturated rings. The van der Waals surface area contributed by atoms with Crippen LogP contribution < -0.4 is 0 Å². The average molecular weight is 298 g/mol. The summed E-state index contributed by atoms with van der Waals surface area (Å²) in [5.74, 6) is 0.469. The third-order valence-corrected chi connectivity index (χ3v) is 3.18. The van der Waals surface area contributed by atoms with Crippen molar-refractivity contribution in [1.82, 2.24) is 30.3 Å². The fourth-order valence-corrected chi connectivity index (χ4v) is 1.99. The molecule has 2 rings (SSSR count). The molecular formula is C10H14N6O3S. The van der Waals surface area contributed by atoms with Crippen molar-refractivity contribution in [3.8, 4) is 0 Å². The van der Waals surface area contributed by atoms with Crippen LogP contribution in [0.3, 0.4) is 0 Å². The average Bonchev–Trinajstić information content (AvgIpc) is 2.93. The summed E-state index contributed by atoms with van der Waals surface area (Å²) in [4.78, 5) is 14.9. The number of hydrogen-bond acceptors (Lipinski definition) is 8. The zero-order valence-electron chi connectivity index (χ0n) is 11.3. The van der Waals surface area contributed by atoms with Gasteiger partial charge in [0.2, 0.25) is 11.0 Å². The molecule has 0 aliphatic heterocycles. The van der Waals surface area contributed by atoms with E-state index < -0.39 is 5.97 Å². The number of aliphatic carboxylic acids is 1. The lowest BCUT2D eigenvalue weighted by atomic mass is 9.97. The molecule has 0 aliphatic rings. The molecule has 108 valence electrons. The van der Waals surface area contributed by atoms with Gasteiger partial charge in [-0.3, -0.25) is 4.79 Å². The summed E-state index contributed by atoms with van der Waals surface area (Å²) in [5, 5.41) is 23.8. The van der Waals surface area contributed by atoms with Crippen LogP contribution in [0, 0.1) is 0 Å². The molecule has 2 aromatic heterocycles. The number of tetrazole rings is 1. The lowest BCUT2D eigenvalue weighted by Gasteiger charge is -2.10. The van der Waals surface area contributed by atoms with Crippen LogP contribution in [0.2, 0.25) is 0 Å². The summed E-state index contributed by atoms with van der Waals surface area (Å²) in [6, 6.07) is 0. The van der Waals surface area contributed by atoms with E-state index in [1.807, 2.05) is 20.8 Å². The topological polar surface area (TPSA) is 120 Å². The Hall–Kier alpha value is -1.97. The Morgan fingerprint density at radius 2 is 2.20 bits per heavy atom. The van der Waals surface area contributed by atoms with Gasteiger partial charge in [-0.1, -0.05) is 37.7 Å². The summed E-state index contributed by atoms with van der Waals surface area (Å²) in [7, 11) is 0. The van der Waals surface area contributed by atoms with Crippen molar-refractivity contribution in [2.24, 2.45) is 0 Å². The van der Waals surface area contributed by atoms with E-state index in [9.17, 15) is 4.79 Å². The molecule has 0 aromatic carbocycles. The van der Waals surface area contributed by atoms with Crippen LogP contribution in [-0.2, 0) is 22.5 Å². The van der Waals surface area contributed by atoms with Crippen molar-refractivity contribution < 1.29 is 14.4 Å². The molecule has 1 N–H and O–H groups in total. The van der Waals surface area contributed by atoms with Gasteiger partial charge in [0.05, 0.1) is 5.75 Å². The van der Waals surface area contributed by atoms with Crippen molar-refractivity contribution in [2.75, 3.05) is 0 Å².